The molecule has 1 saturated heterocycles. The maximum Gasteiger partial charge on any atom is 0.157 e. The van der Waals surface area contributed by atoms with Crippen molar-refractivity contribution in [2.24, 2.45) is 0 Å². The highest BCUT2D eigenvalue weighted by molar-refractivity contribution is 5.53. The Hall–Kier alpha value is -1.44. The van der Waals surface area contributed by atoms with Crippen molar-refractivity contribution < 1.29 is 25.2 Å². The second kappa shape index (κ2) is 6.34. The first-order chi connectivity index (χ1) is 9.56. The van der Waals surface area contributed by atoms with E-state index in [9.17, 15) is 15.3 Å². The van der Waals surface area contributed by atoms with Crippen LogP contribution in [0.4, 0.5) is 5.69 Å². The maximum absolute atomic E-state index is 9.89. The average molecular weight is 281 g/mol. The van der Waals surface area contributed by atoms with Gasteiger partial charge in [0.2, 0.25) is 0 Å². The molecule has 0 spiro atoms. The standard InChI is InChI=1S/C14H19NO5/c1-2-8-3-5-9(6-4-8)15-14-13(19)12(18)11(17)10(7-16)20-14/h2-6,10-19H,1,7H2/t10-,11-,12+,13+,14-/m1/s1. The molecule has 5 N–H and O–H groups in total. The monoisotopic (exact) mass is 281 g/mol. The zero-order valence-electron chi connectivity index (χ0n) is 10.9. The fourth-order valence-electron chi connectivity index (χ4n) is 2.10. The summed E-state index contributed by atoms with van der Waals surface area (Å²) in [6.45, 7) is 3.21. The third-order valence-electron chi connectivity index (χ3n) is 3.35. The van der Waals surface area contributed by atoms with E-state index in [1.807, 2.05) is 12.1 Å². The summed E-state index contributed by atoms with van der Waals surface area (Å²) in [7, 11) is 0. The molecule has 0 bridgehead atoms. The number of hydrogen-bond acceptors (Lipinski definition) is 6. The van der Waals surface area contributed by atoms with Crippen LogP contribution in [0.25, 0.3) is 6.08 Å². The second-order valence-corrected chi connectivity index (χ2v) is 4.72. The number of aliphatic hydroxyl groups excluding tert-OH is 4. The Morgan fingerprint density at radius 2 is 1.75 bits per heavy atom. The van der Waals surface area contributed by atoms with Crippen LogP contribution in [0.15, 0.2) is 30.8 Å². The van der Waals surface area contributed by atoms with E-state index >= 15 is 0 Å². The minimum atomic E-state index is -1.38. The second-order valence-electron chi connectivity index (χ2n) is 4.72. The lowest BCUT2D eigenvalue weighted by molar-refractivity contribution is -0.221. The molecular formula is C14H19NO5. The average Bonchev–Trinajstić information content (AvgIpc) is 2.48. The van der Waals surface area contributed by atoms with Gasteiger partial charge >= 0.3 is 0 Å². The van der Waals surface area contributed by atoms with Gasteiger partial charge in [-0.05, 0) is 17.7 Å². The SMILES string of the molecule is C=Cc1ccc(N[C@@H]2O[C@H](CO)[C@@H](O)[C@H](O)[C@@H]2O)cc1. The highest BCUT2D eigenvalue weighted by Crippen LogP contribution is 2.23. The fourth-order valence-corrected chi connectivity index (χ4v) is 2.10. The van der Waals surface area contributed by atoms with Crippen molar-refractivity contribution in [1.29, 1.82) is 0 Å². The maximum atomic E-state index is 9.89. The van der Waals surface area contributed by atoms with Crippen molar-refractivity contribution in [3.05, 3.63) is 36.4 Å². The summed E-state index contributed by atoms with van der Waals surface area (Å²) in [5, 5.41) is 41.3. The van der Waals surface area contributed by atoms with Crippen molar-refractivity contribution in [3.8, 4) is 0 Å². The van der Waals surface area contributed by atoms with Gasteiger partial charge in [0, 0.05) is 5.69 Å². The van der Waals surface area contributed by atoms with Gasteiger partial charge in [0.15, 0.2) is 6.23 Å². The van der Waals surface area contributed by atoms with E-state index < -0.39 is 37.3 Å². The van der Waals surface area contributed by atoms with Gasteiger partial charge in [-0.1, -0.05) is 24.8 Å². The van der Waals surface area contributed by atoms with Gasteiger partial charge in [-0.15, -0.1) is 0 Å². The van der Waals surface area contributed by atoms with Gasteiger partial charge in [-0.25, -0.2) is 0 Å². The quantitative estimate of drug-likeness (QED) is 0.512. The molecule has 1 fully saturated rings. The summed E-state index contributed by atoms with van der Waals surface area (Å²) >= 11 is 0. The fraction of sp³-hybridized carbons (Fsp3) is 0.429. The van der Waals surface area contributed by atoms with Gasteiger partial charge < -0.3 is 30.5 Å². The van der Waals surface area contributed by atoms with Gasteiger partial charge in [0.25, 0.3) is 0 Å². The molecule has 0 aromatic heterocycles. The predicted octanol–water partition coefficient (Wildman–Crippen LogP) is -0.459. The van der Waals surface area contributed by atoms with Crippen molar-refractivity contribution in [2.45, 2.75) is 30.6 Å². The molecule has 0 saturated carbocycles. The summed E-state index contributed by atoms with van der Waals surface area (Å²) in [4.78, 5) is 0. The summed E-state index contributed by atoms with van der Waals surface area (Å²) in [5.74, 6) is 0. The number of rotatable bonds is 4. The largest absolute Gasteiger partial charge is 0.394 e. The minimum Gasteiger partial charge on any atom is -0.394 e. The first kappa shape index (κ1) is 15.0. The Morgan fingerprint density at radius 1 is 1.10 bits per heavy atom. The number of hydrogen-bond donors (Lipinski definition) is 5. The van der Waals surface area contributed by atoms with Crippen LogP contribution in [-0.2, 0) is 4.74 Å². The smallest absolute Gasteiger partial charge is 0.157 e. The Bertz CT molecular complexity index is 447. The highest BCUT2D eigenvalue weighted by Gasteiger charge is 2.43. The van der Waals surface area contributed by atoms with Gasteiger partial charge in [0.1, 0.15) is 24.4 Å². The third kappa shape index (κ3) is 3.00. The molecule has 1 aliphatic heterocycles. The van der Waals surface area contributed by atoms with Crippen molar-refractivity contribution in [1.82, 2.24) is 0 Å². The molecule has 1 heterocycles. The minimum absolute atomic E-state index is 0.446. The van der Waals surface area contributed by atoms with Crippen molar-refractivity contribution >= 4 is 11.8 Å². The topological polar surface area (TPSA) is 102 Å². The van der Waals surface area contributed by atoms with Gasteiger partial charge in [-0.2, -0.15) is 0 Å². The molecule has 0 amide bonds. The van der Waals surface area contributed by atoms with E-state index in [0.717, 1.165) is 5.56 Å². The van der Waals surface area contributed by atoms with Crippen molar-refractivity contribution in [2.75, 3.05) is 11.9 Å². The van der Waals surface area contributed by atoms with Gasteiger partial charge in [-0.3, -0.25) is 0 Å². The number of benzene rings is 1. The first-order valence-corrected chi connectivity index (χ1v) is 6.36. The molecule has 6 nitrogen and oxygen atoms in total. The lowest BCUT2D eigenvalue weighted by Crippen LogP contribution is -2.60. The van der Waals surface area contributed by atoms with Crippen LogP contribution >= 0.6 is 0 Å². The van der Waals surface area contributed by atoms with Crippen LogP contribution in [0, 0.1) is 0 Å². The summed E-state index contributed by atoms with van der Waals surface area (Å²) in [6, 6.07) is 7.22. The van der Waals surface area contributed by atoms with E-state index in [-0.39, 0.29) is 0 Å². The lowest BCUT2D eigenvalue weighted by atomic mass is 9.98. The molecule has 2 rings (SSSR count). The van der Waals surface area contributed by atoms with Crippen LogP contribution in [0.2, 0.25) is 0 Å². The Kier molecular flexibility index (Phi) is 4.74. The van der Waals surface area contributed by atoms with E-state index in [4.69, 9.17) is 9.84 Å². The molecule has 20 heavy (non-hydrogen) atoms. The summed E-state index contributed by atoms with van der Waals surface area (Å²) in [6.07, 6.45) is -4.16. The normalized spacial score (nSPS) is 33.7. The third-order valence-corrected chi connectivity index (χ3v) is 3.35. The zero-order chi connectivity index (χ0) is 14.7. The van der Waals surface area contributed by atoms with Gasteiger partial charge in [0.05, 0.1) is 6.61 Å². The summed E-state index contributed by atoms with van der Waals surface area (Å²) < 4.78 is 5.35. The Labute approximate surface area is 116 Å². The number of nitrogens with one attached hydrogen (secondary N) is 1. The Morgan fingerprint density at radius 3 is 2.30 bits per heavy atom. The van der Waals surface area contributed by atoms with Crippen LogP contribution in [0.1, 0.15) is 5.56 Å². The zero-order valence-corrected chi connectivity index (χ0v) is 10.9. The number of anilines is 1. The van der Waals surface area contributed by atoms with Crippen LogP contribution < -0.4 is 5.32 Å². The molecule has 1 aromatic rings. The van der Waals surface area contributed by atoms with Crippen molar-refractivity contribution in [3.63, 3.8) is 0 Å². The molecule has 6 heteroatoms. The molecule has 1 aliphatic rings. The molecule has 0 unspecified atom stereocenters. The molecule has 0 aliphatic carbocycles. The van der Waals surface area contributed by atoms with E-state index in [1.54, 1.807) is 18.2 Å². The van der Waals surface area contributed by atoms with Crippen LogP contribution in [0.5, 0.6) is 0 Å². The first-order valence-electron chi connectivity index (χ1n) is 6.36. The van der Waals surface area contributed by atoms with E-state index in [0.29, 0.717) is 5.69 Å². The molecule has 1 aromatic carbocycles. The summed E-state index contributed by atoms with van der Waals surface area (Å²) in [5.41, 5.74) is 1.63. The van der Waals surface area contributed by atoms with Crippen LogP contribution in [0.3, 0.4) is 0 Å². The lowest BCUT2D eigenvalue weighted by Gasteiger charge is -2.40. The molecule has 110 valence electrons. The molecular weight excluding hydrogens is 262 g/mol. The predicted molar refractivity (Wildman–Crippen MR) is 73.9 cm³/mol. The highest BCUT2D eigenvalue weighted by atomic mass is 16.6. The van der Waals surface area contributed by atoms with E-state index in [1.165, 1.54) is 0 Å². The number of aliphatic hydroxyl groups is 4. The van der Waals surface area contributed by atoms with E-state index in [2.05, 4.69) is 11.9 Å². The molecule has 0 radical (unpaired) electrons. The Balaban J connectivity index is 2.08. The number of ether oxygens (including phenoxy) is 1. The van der Waals surface area contributed by atoms with Crippen LogP contribution in [-0.4, -0.2) is 57.7 Å². The molecule has 5 atom stereocenters.